The molecule has 0 radical (unpaired) electrons. The Bertz CT molecular complexity index is 346. The maximum absolute atomic E-state index is 12.8. The quantitative estimate of drug-likeness (QED) is 0.623. The van der Waals surface area contributed by atoms with Crippen LogP contribution in [0.2, 0.25) is 0 Å². The maximum atomic E-state index is 12.8. The number of hydrogen-bond acceptors (Lipinski definition) is 1. The van der Waals surface area contributed by atoms with Crippen LogP contribution >= 0.6 is 0 Å². The first kappa shape index (κ1) is 8.42. The first-order valence-electron chi connectivity index (χ1n) is 5.25. The molecule has 1 aromatic carbocycles. The monoisotopic (exact) mass is 192 g/mol. The Morgan fingerprint density at radius 3 is 2.71 bits per heavy atom. The van der Waals surface area contributed by atoms with Gasteiger partial charge in [0.25, 0.3) is 0 Å². The summed E-state index contributed by atoms with van der Waals surface area (Å²) in [5, 5.41) is 0. The van der Waals surface area contributed by atoms with Gasteiger partial charge in [-0.25, -0.2) is 4.39 Å². The number of rotatable bonds is 1. The van der Waals surface area contributed by atoms with Crippen molar-refractivity contribution in [3.8, 4) is 0 Å². The summed E-state index contributed by atoms with van der Waals surface area (Å²) in [5.41, 5.74) is 1.12. The molecule has 1 aromatic rings. The second-order valence-corrected chi connectivity index (χ2v) is 4.25. The minimum absolute atomic E-state index is 0.0358. The van der Waals surface area contributed by atoms with Crippen molar-refractivity contribution in [2.24, 2.45) is 0 Å². The third-order valence-corrected chi connectivity index (χ3v) is 3.41. The highest BCUT2D eigenvalue weighted by Gasteiger charge is 2.58. The molecule has 0 amide bonds. The Hall–Kier alpha value is -0.890. The highest BCUT2D eigenvalue weighted by molar-refractivity contribution is 5.30. The summed E-state index contributed by atoms with van der Waals surface area (Å²) in [4.78, 5) is 0. The van der Waals surface area contributed by atoms with Gasteiger partial charge >= 0.3 is 0 Å². The van der Waals surface area contributed by atoms with Crippen LogP contribution in [-0.4, -0.2) is 6.10 Å². The number of epoxide rings is 1. The molecular formula is C12H13FO. The van der Waals surface area contributed by atoms with Gasteiger partial charge in [0.1, 0.15) is 11.4 Å². The molecule has 2 aliphatic rings. The molecule has 0 bridgehead atoms. The van der Waals surface area contributed by atoms with E-state index in [4.69, 9.17) is 4.74 Å². The second kappa shape index (κ2) is 2.80. The van der Waals surface area contributed by atoms with Gasteiger partial charge in [-0.1, -0.05) is 25.0 Å². The van der Waals surface area contributed by atoms with Crippen LogP contribution in [0, 0.1) is 5.82 Å². The van der Waals surface area contributed by atoms with Gasteiger partial charge in [-0.05, 0) is 30.5 Å². The fourth-order valence-electron chi connectivity index (χ4n) is 2.58. The molecule has 2 fully saturated rings. The van der Waals surface area contributed by atoms with Crippen LogP contribution in [0.4, 0.5) is 4.39 Å². The summed E-state index contributed by atoms with van der Waals surface area (Å²) in [7, 11) is 0. The molecule has 14 heavy (non-hydrogen) atoms. The van der Waals surface area contributed by atoms with Crippen LogP contribution in [-0.2, 0) is 10.3 Å². The van der Waals surface area contributed by atoms with E-state index in [0.717, 1.165) is 18.4 Å². The van der Waals surface area contributed by atoms with Crippen LogP contribution in [0.3, 0.4) is 0 Å². The highest BCUT2D eigenvalue weighted by atomic mass is 19.1. The molecule has 74 valence electrons. The molecule has 1 saturated heterocycles. The van der Waals surface area contributed by atoms with Crippen molar-refractivity contribution >= 4 is 0 Å². The zero-order valence-corrected chi connectivity index (χ0v) is 8.00. The lowest BCUT2D eigenvalue weighted by molar-refractivity contribution is 0.289. The van der Waals surface area contributed by atoms with E-state index in [2.05, 4.69) is 0 Å². The van der Waals surface area contributed by atoms with Crippen LogP contribution in [0.25, 0.3) is 0 Å². The summed E-state index contributed by atoms with van der Waals surface area (Å²) in [6.07, 6.45) is 5.17. The lowest BCUT2D eigenvalue weighted by atomic mass is 9.84. The predicted octanol–water partition coefficient (Wildman–Crippen LogP) is 2.99. The lowest BCUT2D eigenvalue weighted by Gasteiger charge is -2.17. The fraction of sp³-hybridized carbons (Fsp3) is 0.500. The van der Waals surface area contributed by atoms with Crippen LogP contribution < -0.4 is 0 Å². The smallest absolute Gasteiger partial charge is 0.123 e. The van der Waals surface area contributed by atoms with Crippen molar-refractivity contribution in [2.75, 3.05) is 0 Å². The lowest BCUT2D eigenvalue weighted by Crippen LogP contribution is -2.16. The first-order chi connectivity index (χ1) is 6.81. The van der Waals surface area contributed by atoms with Gasteiger partial charge in [0, 0.05) is 0 Å². The van der Waals surface area contributed by atoms with Gasteiger partial charge in [-0.2, -0.15) is 0 Å². The van der Waals surface area contributed by atoms with E-state index >= 15 is 0 Å². The molecule has 1 nitrogen and oxygen atoms in total. The van der Waals surface area contributed by atoms with E-state index in [1.807, 2.05) is 12.1 Å². The third-order valence-electron chi connectivity index (χ3n) is 3.41. The molecule has 1 saturated carbocycles. The number of benzene rings is 1. The summed E-state index contributed by atoms with van der Waals surface area (Å²) < 4.78 is 18.5. The Morgan fingerprint density at radius 1 is 1.21 bits per heavy atom. The van der Waals surface area contributed by atoms with E-state index in [-0.39, 0.29) is 11.4 Å². The van der Waals surface area contributed by atoms with Crippen molar-refractivity contribution < 1.29 is 9.13 Å². The zero-order valence-electron chi connectivity index (χ0n) is 8.00. The standard InChI is InChI=1S/C12H13FO/c13-10-6-4-9(5-7-10)12-8-2-1-3-11(12)14-12/h4-7,11H,1-3,8H2. The number of fused-ring (bicyclic) bond motifs is 1. The fourth-order valence-corrected chi connectivity index (χ4v) is 2.58. The molecule has 0 N–H and O–H groups in total. The molecule has 2 heteroatoms. The van der Waals surface area contributed by atoms with E-state index in [0.29, 0.717) is 6.10 Å². The molecule has 2 unspecified atom stereocenters. The Kier molecular flexibility index (Phi) is 1.68. The molecular weight excluding hydrogens is 179 g/mol. The van der Waals surface area contributed by atoms with Gasteiger partial charge in [-0.15, -0.1) is 0 Å². The van der Waals surface area contributed by atoms with Gasteiger partial charge in [0.2, 0.25) is 0 Å². The molecule has 2 atom stereocenters. The Labute approximate surface area is 82.9 Å². The summed E-state index contributed by atoms with van der Waals surface area (Å²) in [6.45, 7) is 0. The average molecular weight is 192 g/mol. The number of ether oxygens (including phenoxy) is 1. The van der Waals surface area contributed by atoms with Gasteiger partial charge in [0.15, 0.2) is 0 Å². The van der Waals surface area contributed by atoms with Crippen LogP contribution in [0.5, 0.6) is 0 Å². The van der Waals surface area contributed by atoms with Crippen molar-refractivity contribution in [3.05, 3.63) is 35.6 Å². The molecule has 3 rings (SSSR count). The molecule has 1 aliphatic carbocycles. The minimum atomic E-state index is -0.168. The van der Waals surface area contributed by atoms with Gasteiger partial charge in [-0.3, -0.25) is 0 Å². The van der Waals surface area contributed by atoms with Gasteiger partial charge < -0.3 is 4.74 Å². The average Bonchev–Trinajstić information content (AvgIpc) is 2.94. The highest BCUT2D eigenvalue weighted by Crippen LogP contribution is 2.55. The SMILES string of the molecule is Fc1ccc(C23CCCCC2O3)cc1. The second-order valence-electron chi connectivity index (χ2n) is 4.25. The van der Waals surface area contributed by atoms with Gasteiger partial charge in [0.05, 0.1) is 6.10 Å². The Morgan fingerprint density at radius 2 is 2.00 bits per heavy atom. The first-order valence-corrected chi connectivity index (χ1v) is 5.25. The number of halogens is 1. The van der Waals surface area contributed by atoms with Crippen molar-refractivity contribution in [1.82, 2.24) is 0 Å². The molecule has 0 aromatic heterocycles. The summed E-state index contributed by atoms with van der Waals surface area (Å²) >= 11 is 0. The van der Waals surface area contributed by atoms with E-state index in [1.54, 1.807) is 0 Å². The predicted molar refractivity (Wildman–Crippen MR) is 51.4 cm³/mol. The van der Waals surface area contributed by atoms with Crippen molar-refractivity contribution in [1.29, 1.82) is 0 Å². The van der Waals surface area contributed by atoms with E-state index in [1.165, 1.54) is 25.0 Å². The Balaban J connectivity index is 1.92. The van der Waals surface area contributed by atoms with Crippen molar-refractivity contribution in [2.45, 2.75) is 37.4 Å². The molecule has 1 aliphatic heterocycles. The molecule has 0 spiro atoms. The normalized spacial score (nSPS) is 35.1. The zero-order chi connectivity index (χ0) is 9.60. The largest absolute Gasteiger partial charge is 0.361 e. The summed E-state index contributed by atoms with van der Waals surface area (Å²) in [6, 6.07) is 6.77. The number of hydrogen-bond donors (Lipinski definition) is 0. The van der Waals surface area contributed by atoms with Crippen molar-refractivity contribution in [3.63, 3.8) is 0 Å². The maximum Gasteiger partial charge on any atom is 0.123 e. The third kappa shape index (κ3) is 1.10. The summed E-state index contributed by atoms with van der Waals surface area (Å²) in [5.74, 6) is -0.168. The van der Waals surface area contributed by atoms with Crippen LogP contribution in [0.15, 0.2) is 24.3 Å². The van der Waals surface area contributed by atoms with E-state index in [9.17, 15) is 4.39 Å². The minimum Gasteiger partial charge on any atom is -0.361 e. The van der Waals surface area contributed by atoms with E-state index < -0.39 is 0 Å². The van der Waals surface area contributed by atoms with Crippen LogP contribution in [0.1, 0.15) is 31.2 Å². The molecule has 1 heterocycles. The topological polar surface area (TPSA) is 12.5 Å².